The second kappa shape index (κ2) is 5.29. The van der Waals surface area contributed by atoms with Crippen LogP contribution >= 0.6 is 11.6 Å². The Hall–Kier alpha value is -2.06. The van der Waals surface area contributed by atoms with Gasteiger partial charge in [-0.2, -0.15) is 0 Å². The van der Waals surface area contributed by atoms with Gasteiger partial charge in [0.15, 0.2) is 5.76 Å². The van der Waals surface area contributed by atoms with E-state index < -0.39 is 0 Å². The number of hydrogen-bond donors (Lipinski definition) is 0. The van der Waals surface area contributed by atoms with Crippen LogP contribution in [0, 0.1) is 0 Å². The van der Waals surface area contributed by atoms with Crippen LogP contribution in [0.4, 0.5) is 0 Å². The van der Waals surface area contributed by atoms with Gasteiger partial charge < -0.3 is 4.42 Å². The molecule has 0 fully saturated rings. The molecule has 0 aliphatic heterocycles. The van der Waals surface area contributed by atoms with Crippen molar-refractivity contribution in [1.29, 1.82) is 0 Å². The van der Waals surface area contributed by atoms with Crippen LogP contribution in [0.15, 0.2) is 65.2 Å². The van der Waals surface area contributed by atoms with Crippen molar-refractivity contribution in [2.24, 2.45) is 0 Å². The molecule has 19 heavy (non-hydrogen) atoms. The van der Waals surface area contributed by atoms with Crippen LogP contribution in [0.3, 0.4) is 0 Å². The van der Waals surface area contributed by atoms with Gasteiger partial charge >= 0.3 is 0 Å². The lowest BCUT2D eigenvalue weighted by molar-refractivity contribution is 0.529. The molecule has 0 amide bonds. The molecule has 94 valence electrons. The van der Waals surface area contributed by atoms with Crippen molar-refractivity contribution in [3.05, 3.63) is 66.7 Å². The van der Waals surface area contributed by atoms with Crippen LogP contribution in [0.5, 0.6) is 0 Å². The van der Waals surface area contributed by atoms with Crippen LogP contribution in [-0.4, -0.2) is 4.98 Å². The van der Waals surface area contributed by atoms with E-state index in [1.807, 2.05) is 30.3 Å². The number of rotatable bonds is 3. The van der Waals surface area contributed by atoms with E-state index in [4.69, 9.17) is 16.0 Å². The van der Waals surface area contributed by atoms with Crippen molar-refractivity contribution in [1.82, 2.24) is 4.98 Å². The fourth-order valence-electron chi connectivity index (χ4n) is 1.99. The summed E-state index contributed by atoms with van der Waals surface area (Å²) in [5.74, 6) is 1.58. The van der Waals surface area contributed by atoms with Crippen LogP contribution < -0.4 is 0 Å². The molecule has 0 saturated heterocycles. The van der Waals surface area contributed by atoms with Gasteiger partial charge in [0.05, 0.1) is 12.1 Å². The van der Waals surface area contributed by atoms with Gasteiger partial charge in [-0.25, -0.2) is 4.98 Å². The number of hydrogen-bond acceptors (Lipinski definition) is 2. The largest absolute Gasteiger partial charge is 0.439 e. The van der Waals surface area contributed by atoms with E-state index in [1.165, 1.54) is 5.56 Å². The fraction of sp³-hybridized carbons (Fsp3) is 0.0625. The third-order valence-corrected chi connectivity index (χ3v) is 3.15. The molecule has 0 atom stereocenters. The zero-order chi connectivity index (χ0) is 13.1. The van der Waals surface area contributed by atoms with Gasteiger partial charge in [-0.05, 0) is 17.2 Å². The molecule has 0 spiro atoms. The molecule has 1 heterocycles. The van der Waals surface area contributed by atoms with Gasteiger partial charge in [0.1, 0.15) is 0 Å². The summed E-state index contributed by atoms with van der Waals surface area (Å²) in [6.45, 7) is 0. The van der Waals surface area contributed by atoms with Crippen molar-refractivity contribution in [2.75, 3.05) is 0 Å². The standard InChI is InChI=1S/C16H12ClNO/c17-10-16-18-11-15(19-16)14-8-4-7-13(9-14)12-5-2-1-3-6-12/h1-9,11H,10H2. The molecule has 0 saturated carbocycles. The minimum absolute atomic E-state index is 0.290. The first-order valence-corrected chi connectivity index (χ1v) is 6.57. The van der Waals surface area contributed by atoms with Crippen molar-refractivity contribution < 1.29 is 4.42 Å². The summed E-state index contributed by atoms with van der Waals surface area (Å²) in [7, 11) is 0. The first-order chi connectivity index (χ1) is 9.36. The molecule has 0 bridgehead atoms. The molecule has 3 heteroatoms. The Morgan fingerprint density at radius 1 is 0.895 bits per heavy atom. The average Bonchev–Trinajstić information content (AvgIpc) is 2.97. The number of halogens is 1. The fourth-order valence-corrected chi connectivity index (χ4v) is 2.11. The number of nitrogens with zero attached hydrogens (tertiary/aromatic N) is 1. The van der Waals surface area contributed by atoms with E-state index in [0.717, 1.165) is 16.9 Å². The summed E-state index contributed by atoms with van der Waals surface area (Å²) in [5.41, 5.74) is 3.34. The van der Waals surface area contributed by atoms with E-state index in [9.17, 15) is 0 Å². The monoisotopic (exact) mass is 269 g/mol. The van der Waals surface area contributed by atoms with Crippen molar-refractivity contribution in [3.8, 4) is 22.5 Å². The predicted octanol–water partition coefficient (Wildman–Crippen LogP) is 4.75. The van der Waals surface area contributed by atoms with Crippen molar-refractivity contribution in [2.45, 2.75) is 5.88 Å². The summed E-state index contributed by atoms with van der Waals surface area (Å²) >= 11 is 5.70. The average molecular weight is 270 g/mol. The summed E-state index contributed by atoms with van der Waals surface area (Å²) < 4.78 is 5.57. The van der Waals surface area contributed by atoms with Crippen LogP contribution in [0.2, 0.25) is 0 Å². The number of oxazole rings is 1. The highest BCUT2D eigenvalue weighted by molar-refractivity contribution is 6.16. The molecule has 0 aliphatic rings. The quantitative estimate of drug-likeness (QED) is 0.642. The highest BCUT2D eigenvalue weighted by Gasteiger charge is 2.06. The van der Waals surface area contributed by atoms with Crippen molar-refractivity contribution in [3.63, 3.8) is 0 Å². The van der Waals surface area contributed by atoms with Crippen molar-refractivity contribution >= 4 is 11.6 Å². The Morgan fingerprint density at radius 3 is 2.37 bits per heavy atom. The lowest BCUT2D eigenvalue weighted by atomic mass is 10.0. The molecular weight excluding hydrogens is 258 g/mol. The highest BCUT2D eigenvalue weighted by atomic mass is 35.5. The Morgan fingerprint density at radius 2 is 1.63 bits per heavy atom. The topological polar surface area (TPSA) is 26.0 Å². The smallest absolute Gasteiger partial charge is 0.209 e. The van der Waals surface area contributed by atoms with Crippen LogP contribution in [0.1, 0.15) is 5.89 Å². The molecule has 0 N–H and O–H groups in total. The Kier molecular flexibility index (Phi) is 3.34. The minimum atomic E-state index is 0.290. The number of aromatic nitrogens is 1. The maximum absolute atomic E-state index is 5.70. The highest BCUT2D eigenvalue weighted by Crippen LogP contribution is 2.26. The van der Waals surface area contributed by atoms with Gasteiger partial charge in [-0.15, -0.1) is 11.6 Å². The Balaban J connectivity index is 2.00. The summed E-state index contributed by atoms with van der Waals surface area (Å²) in [6.07, 6.45) is 1.71. The first-order valence-electron chi connectivity index (χ1n) is 6.03. The summed E-state index contributed by atoms with van der Waals surface area (Å²) in [6, 6.07) is 18.4. The van der Waals surface area contributed by atoms with E-state index in [0.29, 0.717) is 11.8 Å². The van der Waals surface area contributed by atoms with Crippen LogP contribution in [0.25, 0.3) is 22.5 Å². The van der Waals surface area contributed by atoms with Gasteiger partial charge in [-0.1, -0.05) is 48.5 Å². The van der Waals surface area contributed by atoms with E-state index in [-0.39, 0.29) is 0 Å². The second-order valence-corrected chi connectivity index (χ2v) is 4.47. The Bertz CT molecular complexity index is 676. The molecule has 0 unspecified atom stereocenters. The normalized spacial score (nSPS) is 10.6. The van der Waals surface area contributed by atoms with Gasteiger partial charge in [0.25, 0.3) is 0 Å². The molecule has 0 radical (unpaired) electrons. The van der Waals surface area contributed by atoms with Gasteiger partial charge in [0.2, 0.25) is 5.89 Å². The molecule has 0 aliphatic carbocycles. The zero-order valence-electron chi connectivity index (χ0n) is 10.2. The van der Waals surface area contributed by atoms with Gasteiger partial charge in [-0.3, -0.25) is 0 Å². The van der Waals surface area contributed by atoms with E-state index in [1.54, 1.807) is 6.20 Å². The van der Waals surface area contributed by atoms with Crippen LogP contribution in [-0.2, 0) is 5.88 Å². The summed E-state index contributed by atoms with van der Waals surface area (Å²) in [4.78, 5) is 4.11. The molecule has 3 rings (SSSR count). The molecule has 1 aromatic heterocycles. The molecular formula is C16H12ClNO. The molecule has 2 nitrogen and oxygen atoms in total. The SMILES string of the molecule is ClCc1ncc(-c2cccc(-c3ccccc3)c2)o1. The number of benzene rings is 2. The molecule has 2 aromatic carbocycles. The van der Waals surface area contributed by atoms with Gasteiger partial charge in [0, 0.05) is 5.56 Å². The minimum Gasteiger partial charge on any atom is -0.439 e. The summed E-state index contributed by atoms with van der Waals surface area (Å²) in [5, 5.41) is 0. The lowest BCUT2D eigenvalue weighted by Crippen LogP contribution is -1.79. The maximum atomic E-state index is 5.70. The lowest BCUT2D eigenvalue weighted by Gasteiger charge is -2.03. The van der Waals surface area contributed by atoms with E-state index >= 15 is 0 Å². The first kappa shape index (κ1) is 12.0. The third kappa shape index (κ3) is 2.54. The van der Waals surface area contributed by atoms with E-state index in [2.05, 4.69) is 29.2 Å². The zero-order valence-corrected chi connectivity index (χ0v) is 11.0. The number of alkyl halides is 1. The Labute approximate surface area is 116 Å². The predicted molar refractivity (Wildman–Crippen MR) is 76.9 cm³/mol. The molecule has 3 aromatic rings. The maximum Gasteiger partial charge on any atom is 0.209 e. The third-order valence-electron chi connectivity index (χ3n) is 2.92. The second-order valence-electron chi connectivity index (χ2n) is 4.20.